The van der Waals surface area contributed by atoms with E-state index in [0.29, 0.717) is 0 Å². The maximum absolute atomic E-state index is 10.8. The highest BCUT2D eigenvalue weighted by Gasteiger charge is 2.20. The second-order valence-electron chi connectivity index (χ2n) is 5.13. The lowest BCUT2D eigenvalue weighted by atomic mass is 9.87. The van der Waals surface area contributed by atoms with Gasteiger partial charge in [-0.25, -0.2) is 0 Å². The third kappa shape index (κ3) is 6.00. The molecule has 0 spiro atoms. The van der Waals surface area contributed by atoms with Gasteiger partial charge in [0.25, 0.3) is 0 Å². The molecule has 0 aliphatic heterocycles. The fourth-order valence-corrected chi connectivity index (χ4v) is 2.52. The minimum absolute atomic E-state index is 0.244. The first-order valence-electron chi connectivity index (χ1n) is 6.75. The van der Waals surface area contributed by atoms with Crippen molar-refractivity contribution in [2.24, 2.45) is 11.8 Å². The van der Waals surface area contributed by atoms with E-state index in [-0.39, 0.29) is 13.0 Å². The third-order valence-electron chi connectivity index (χ3n) is 3.62. The Morgan fingerprint density at radius 3 is 2.39 bits per heavy atom. The smallest absolute Gasteiger partial charge is 0.308 e. The van der Waals surface area contributed by atoms with E-state index in [2.05, 4.69) is 5.32 Å². The molecule has 0 aromatic rings. The van der Waals surface area contributed by atoms with Gasteiger partial charge < -0.3 is 15.5 Å². The standard InChI is InChI=1S/C13H23NO4/c15-12(16)8-11(13(17)18)9-14-7-6-10-4-2-1-3-5-10/h10-11,14H,1-9H2,(H,15,16)(H,17,18). The average Bonchev–Trinajstić information content (AvgIpc) is 2.33. The van der Waals surface area contributed by atoms with Crippen LogP contribution in [0.5, 0.6) is 0 Å². The molecule has 0 radical (unpaired) electrons. The fraction of sp³-hybridized carbons (Fsp3) is 0.846. The van der Waals surface area contributed by atoms with E-state index in [1.54, 1.807) is 0 Å². The van der Waals surface area contributed by atoms with Crippen LogP contribution in [0.4, 0.5) is 0 Å². The highest BCUT2D eigenvalue weighted by atomic mass is 16.4. The summed E-state index contributed by atoms with van der Waals surface area (Å²) in [6.07, 6.45) is 7.26. The molecule has 5 nitrogen and oxygen atoms in total. The summed E-state index contributed by atoms with van der Waals surface area (Å²) >= 11 is 0. The van der Waals surface area contributed by atoms with Crippen LogP contribution in [0, 0.1) is 11.8 Å². The molecule has 1 rings (SSSR count). The van der Waals surface area contributed by atoms with Crippen LogP contribution in [0.3, 0.4) is 0 Å². The van der Waals surface area contributed by atoms with Crippen molar-refractivity contribution in [2.45, 2.75) is 44.9 Å². The van der Waals surface area contributed by atoms with Crippen molar-refractivity contribution in [1.29, 1.82) is 0 Å². The zero-order valence-corrected chi connectivity index (χ0v) is 10.7. The summed E-state index contributed by atoms with van der Waals surface area (Å²) in [5.41, 5.74) is 0. The highest BCUT2D eigenvalue weighted by Crippen LogP contribution is 2.25. The molecule has 1 unspecified atom stereocenters. The van der Waals surface area contributed by atoms with Gasteiger partial charge in [0.2, 0.25) is 0 Å². The quantitative estimate of drug-likeness (QED) is 0.576. The number of carbonyl (C=O) groups is 2. The molecule has 0 heterocycles. The van der Waals surface area contributed by atoms with Gasteiger partial charge >= 0.3 is 11.9 Å². The second-order valence-corrected chi connectivity index (χ2v) is 5.13. The first kappa shape index (κ1) is 15.0. The number of carboxylic acid groups (broad SMARTS) is 2. The molecule has 0 amide bonds. The Bertz CT molecular complexity index is 274. The molecule has 0 aromatic carbocycles. The van der Waals surface area contributed by atoms with E-state index in [9.17, 15) is 9.59 Å². The predicted molar refractivity (Wildman–Crippen MR) is 67.4 cm³/mol. The lowest BCUT2D eigenvalue weighted by molar-refractivity contribution is -0.148. The van der Waals surface area contributed by atoms with Gasteiger partial charge in [-0.3, -0.25) is 9.59 Å². The van der Waals surface area contributed by atoms with Crippen LogP contribution in [-0.2, 0) is 9.59 Å². The van der Waals surface area contributed by atoms with Crippen LogP contribution in [0.15, 0.2) is 0 Å². The lowest BCUT2D eigenvalue weighted by Crippen LogP contribution is -2.31. The highest BCUT2D eigenvalue weighted by molar-refractivity contribution is 5.77. The van der Waals surface area contributed by atoms with E-state index < -0.39 is 17.9 Å². The molecule has 1 aliphatic carbocycles. The Morgan fingerprint density at radius 1 is 1.17 bits per heavy atom. The van der Waals surface area contributed by atoms with Crippen LogP contribution in [0.2, 0.25) is 0 Å². The maximum Gasteiger partial charge on any atom is 0.308 e. The van der Waals surface area contributed by atoms with Gasteiger partial charge in [-0.15, -0.1) is 0 Å². The molecule has 18 heavy (non-hydrogen) atoms. The summed E-state index contributed by atoms with van der Waals surface area (Å²) in [6, 6.07) is 0. The van der Waals surface area contributed by atoms with E-state index >= 15 is 0 Å². The van der Waals surface area contributed by atoms with Crippen molar-refractivity contribution in [2.75, 3.05) is 13.1 Å². The van der Waals surface area contributed by atoms with E-state index in [0.717, 1.165) is 18.9 Å². The molecular formula is C13H23NO4. The largest absolute Gasteiger partial charge is 0.481 e. The summed E-state index contributed by atoms with van der Waals surface area (Å²) < 4.78 is 0. The number of hydrogen-bond acceptors (Lipinski definition) is 3. The van der Waals surface area contributed by atoms with Gasteiger partial charge in [0.05, 0.1) is 12.3 Å². The topological polar surface area (TPSA) is 86.6 Å². The summed E-state index contributed by atoms with van der Waals surface area (Å²) in [5, 5.41) is 20.5. The predicted octanol–water partition coefficient (Wildman–Crippen LogP) is 1.72. The number of nitrogens with one attached hydrogen (secondary N) is 1. The third-order valence-corrected chi connectivity index (χ3v) is 3.62. The van der Waals surface area contributed by atoms with Crippen molar-refractivity contribution >= 4 is 11.9 Å². The van der Waals surface area contributed by atoms with Crippen LogP contribution >= 0.6 is 0 Å². The van der Waals surface area contributed by atoms with E-state index in [4.69, 9.17) is 10.2 Å². The molecule has 0 saturated heterocycles. The van der Waals surface area contributed by atoms with Gasteiger partial charge in [0.15, 0.2) is 0 Å². The Balaban J connectivity index is 2.13. The minimum Gasteiger partial charge on any atom is -0.481 e. The second kappa shape index (κ2) is 8.08. The molecule has 1 fully saturated rings. The Hall–Kier alpha value is -1.10. The SMILES string of the molecule is O=C(O)CC(CNCCC1CCCCC1)C(=O)O. The van der Waals surface area contributed by atoms with E-state index in [1.807, 2.05) is 0 Å². The fourth-order valence-electron chi connectivity index (χ4n) is 2.52. The minimum atomic E-state index is -1.06. The van der Waals surface area contributed by atoms with Gasteiger partial charge in [0.1, 0.15) is 0 Å². The zero-order valence-electron chi connectivity index (χ0n) is 10.7. The molecule has 0 bridgehead atoms. The van der Waals surface area contributed by atoms with Gasteiger partial charge in [-0.1, -0.05) is 32.1 Å². The lowest BCUT2D eigenvalue weighted by Gasteiger charge is -2.21. The molecular weight excluding hydrogens is 234 g/mol. The van der Waals surface area contributed by atoms with Crippen LogP contribution in [0.25, 0.3) is 0 Å². The number of rotatable bonds is 8. The van der Waals surface area contributed by atoms with Crippen molar-refractivity contribution < 1.29 is 19.8 Å². The number of hydrogen-bond donors (Lipinski definition) is 3. The van der Waals surface area contributed by atoms with Gasteiger partial charge in [-0.05, 0) is 18.9 Å². The number of carboxylic acids is 2. The zero-order chi connectivity index (χ0) is 13.4. The maximum atomic E-state index is 10.8. The summed E-state index contributed by atoms with van der Waals surface area (Å²) in [7, 11) is 0. The molecule has 104 valence electrons. The molecule has 5 heteroatoms. The Kier molecular flexibility index (Phi) is 6.72. The molecule has 3 N–H and O–H groups in total. The van der Waals surface area contributed by atoms with Crippen molar-refractivity contribution in [3.8, 4) is 0 Å². The first-order chi connectivity index (χ1) is 8.59. The normalized spacial score (nSPS) is 18.4. The van der Waals surface area contributed by atoms with Crippen LogP contribution < -0.4 is 5.32 Å². The summed E-state index contributed by atoms with van der Waals surface area (Å²) in [4.78, 5) is 21.3. The van der Waals surface area contributed by atoms with Crippen LogP contribution in [-0.4, -0.2) is 35.2 Å². The molecule has 1 aliphatic rings. The summed E-state index contributed by atoms with van der Waals surface area (Å²) in [5.74, 6) is -2.16. The van der Waals surface area contributed by atoms with Gasteiger partial charge in [-0.2, -0.15) is 0 Å². The Morgan fingerprint density at radius 2 is 1.83 bits per heavy atom. The van der Waals surface area contributed by atoms with Crippen molar-refractivity contribution in [3.63, 3.8) is 0 Å². The van der Waals surface area contributed by atoms with Crippen LogP contribution in [0.1, 0.15) is 44.9 Å². The molecule has 0 aromatic heterocycles. The molecule has 1 atom stereocenters. The Labute approximate surface area is 108 Å². The summed E-state index contributed by atoms with van der Waals surface area (Å²) in [6.45, 7) is 1.03. The van der Waals surface area contributed by atoms with Crippen molar-refractivity contribution in [3.05, 3.63) is 0 Å². The number of aliphatic carboxylic acids is 2. The van der Waals surface area contributed by atoms with Crippen molar-refractivity contribution in [1.82, 2.24) is 5.32 Å². The van der Waals surface area contributed by atoms with E-state index in [1.165, 1.54) is 32.1 Å². The molecule has 1 saturated carbocycles. The average molecular weight is 257 g/mol. The van der Waals surface area contributed by atoms with Gasteiger partial charge in [0, 0.05) is 6.54 Å². The first-order valence-corrected chi connectivity index (χ1v) is 6.75. The monoisotopic (exact) mass is 257 g/mol.